The Hall–Kier alpha value is -2.15. The molecule has 0 saturated heterocycles. The topological polar surface area (TPSA) is 29.1 Å². The summed E-state index contributed by atoms with van der Waals surface area (Å²) in [6.07, 6.45) is -4.81. The van der Waals surface area contributed by atoms with E-state index in [-0.39, 0.29) is 16.1 Å². The Labute approximate surface area is 132 Å². The minimum atomic E-state index is -4.81. The molecule has 2 aromatic carbocycles. The largest absolute Gasteiger partial charge is 0.412 e. The van der Waals surface area contributed by atoms with Crippen LogP contribution >= 0.6 is 11.6 Å². The van der Waals surface area contributed by atoms with Gasteiger partial charge in [-0.2, -0.15) is 13.2 Å². The molecule has 0 spiro atoms. The molecule has 2 nitrogen and oxygen atoms in total. The molecule has 1 unspecified atom stereocenters. The van der Waals surface area contributed by atoms with Gasteiger partial charge >= 0.3 is 6.18 Å². The van der Waals surface area contributed by atoms with Gasteiger partial charge < -0.3 is 5.32 Å². The number of nitrogens with one attached hydrogen (secondary N) is 1. The molecule has 2 aromatic rings. The number of amides is 1. The molecular weight excluding hydrogens is 341 g/mol. The second kappa shape index (κ2) is 6.54. The lowest BCUT2D eigenvalue weighted by Crippen LogP contribution is -2.38. The highest BCUT2D eigenvalue weighted by atomic mass is 35.5. The molecule has 0 aliphatic carbocycles. The van der Waals surface area contributed by atoms with Crippen molar-refractivity contribution in [2.75, 3.05) is 0 Å². The number of hydrogen-bond acceptors (Lipinski definition) is 1. The molecular formula is C15H9ClF5NO. The van der Waals surface area contributed by atoms with Gasteiger partial charge in [0.1, 0.15) is 11.6 Å². The van der Waals surface area contributed by atoms with Crippen LogP contribution in [0, 0.1) is 11.6 Å². The van der Waals surface area contributed by atoms with Crippen molar-refractivity contribution in [1.82, 2.24) is 5.32 Å². The van der Waals surface area contributed by atoms with Crippen molar-refractivity contribution < 1.29 is 26.7 Å². The SMILES string of the molecule is O=C(NC(c1ccc(F)cc1)C(F)(F)F)c1ccc(F)cc1Cl. The van der Waals surface area contributed by atoms with Crippen molar-refractivity contribution in [3.63, 3.8) is 0 Å². The summed E-state index contributed by atoms with van der Waals surface area (Å²) in [5.41, 5.74) is -0.644. The summed E-state index contributed by atoms with van der Waals surface area (Å²) in [5, 5.41) is 1.46. The van der Waals surface area contributed by atoms with Crippen LogP contribution in [0.3, 0.4) is 0 Å². The van der Waals surface area contributed by atoms with E-state index < -0.39 is 29.8 Å². The number of carbonyl (C=O) groups is 1. The van der Waals surface area contributed by atoms with E-state index in [1.54, 1.807) is 5.32 Å². The Morgan fingerprint density at radius 2 is 1.57 bits per heavy atom. The number of halogens is 6. The highest BCUT2D eigenvalue weighted by Crippen LogP contribution is 2.33. The number of carbonyl (C=O) groups excluding carboxylic acids is 1. The van der Waals surface area contributed by atoms with Crippen molar-refractivity contribution in [3.8, 4) is 0 Å². The molecule has 23 heavy (non-hydrogen) atoms. The molecule has 2 rings (SSSR count). The molecule has 0 heterocycles. The molecule has 8 heteroatoms. The molecule has 0 saturated carbocycles. The van der Waals surface area contributed by atoms with E-state index in [0.29, 0.717) is 0 Å². The van der Waals surface area contributed by atoms with Crippen molar-refractivity contribution in [2.45, 2.75) is 12.2 Å². The lowest BCUT2D eigenvalue weighted by Gasteiger charge is -2.22. The quantitative estimate of drug-likeness (QED) is 0.803. The molecule has 1 N–H and O–H groups in total. The van der Waals surface area contributed by atoms with E-state index >= 15 is 0 Å². The third kappa shape index (κ3) is 4.19. The summed E-state index contributed by atoms with van der Waals surface area (Å²) in [7, 11) is 0. The summed E-state index contributed by atoms with van der Waals surface area (Å²) in [6, 6.07) is 3.89. The zero-order chi connectivity index (χ0) is 17.2. The van der Waals surface area contributed by atoms with Crippen LogP contribution in [0.25, 0.3) is 0 Å². The Morgan fingerprint density at radius 1 is 1.00 bits per heavy atom. The predicted octanol–water partition coefficient (Wildman–Crippen LogP) is 4.65. The van der Waals surface area contributed by atoms with Crippen LogP contribution in [0.5, 0.6) is 0 Å². The lowest BCUT2D eigenvalue weighted by atomic mass is 10.1. The lowest BCUT2D eigenvalue weighted by molar-refractivity contribution is -0.155. The van der Waals surface area contributed by atoms with Crippen molar-refractivity contribution in [3.05, 3.63) is 70.2 Å². The van der Waals surface area contributed by atoms with Crippen LogP contribution in [0.2, 0.25) is 5.02 Å². The Morgan fingerprint density at radius 3 is 2.09 bits per heavy atom. The average molecular weight is 350 g/mol. The zero-order valence-electron chi connectivity index (χ0n) is 11.3. The van der Waals surface area contributed by atoms with E-state index in [1.807, 2.05) is 0 Å². The van der Waals surface area contributed by atoms with Gasteiger partial charge in [-0.05, 0) is 35.9 Å². The van der Waals surface area contributed by atoms with E-state index in [9.17, 15) is 26.7 Å². The minimum absolute atomic E-state index is 0.301. The fourth-order valence-electron chi connectivity index (χ4n) is 1.89. The van der Waals surface area contributed by atoms with Crippen LogP contribution in [0.15, 0.2) is 42.5 Å². The second-order valence-corrected chi connectivity index (χ2v) is 5.03. The summed E-state index contributed by atoms with van der Waals surface area (Å²) < 4.78 is 65.2. The third-order valence-corrected chi connectivity index (χ3v) is 3.29. The number of rotatable bonds is 3. The highest BCUT2D eigenvalue weighted by Gasteiger charge is 2.42. The van der Waals surface area contributed by atoms with Gasteiger partial charge in [-0.15, -0.1) is 0 Å². The summed E-state index contributed by atoms with van der Waals surface area (Å²) in [4.78, 5) is 12.0. The van der Waals surface area contributed by atoms with Gasteiger partial charge in [-0.25, -0.2) is 8.78 Å². The standard InChI is InChI=1S/C15H9ClF5NO/c16-12-7-10(18)5-6-11(12)14(23)22-13(15(19,20)21)8-1-3-9(17)4-2-8/h1-7,13H,(H,22,23). The van der Waals surface area contributed by atoms with Crippen LogP contribution in [0.1, 0.15) is 22.0 Å². The van der Waals surface area contributed by atoms with Gasteiger partial charge in [0.2, 0.25) is 0 Å². The molecule has 0 fully saturated rings. The number of hydrogen-bond donors (Lipinski definition) is 1. The fraction of sp³-hybridized carbons (Fsp3) is 0.133. The minimum Gasteiger partial charge on any atom is -0.337 e. The third-order valence-electron chi connectivity index (χ3n) is 2.98. The first-order valence-electron chi connectivity index (χ1n) is 6.26. The first-order valence-corrected chi connectivity index (χ1v) is 6.64. The van der Waals surface area contributed by atoms with E-state index in [0.717, 1.165) is 42.5 Å². The molecule has 122 valence electrons. The normalized spacial score (nSPS) is 12.8. The molecule has 0 radical (unpaired) electrons. The van der Waals surface area contributed by atoms with Crippen LogP contribution in [-0.2, 0) is 0 Å². The van der Waals surface area contributed by atoms with Gasteiger partial charge in [0.25, 0.3) is 5.91 Å². The molecule has 1 atom stereocenters. The molecule has 1 amide bonds. The summed E-state index contributed by atoms with van der Waals surface area (Å²) in [5.74, 6) is -2.55. The van der Waals surface area contributed by atoms with Gasteiger partial charge in [-0.1, -0.05) is 23.7 Å². The Bertz CT molecular complexity index is 715. The van der Waals surface area contributed by atoms with Crippen molar-refractivity contribution in [2.24, 2.45) is 0 Å². The molecule has 0 aliphatic heterocycles. The van der Waals surface area contributed by atoms with Crippen molar-refractivity contribution >= 4 is 17.5 Å². The number of benzene rings is 2. The van der Waals surface area contributed by atoms with Gasteiger partial charge in [-0.3, -0.25) is 4.79 Å². The maximum Gasteiger partial charge on any atom is 0.412 e. The average Bonchev–Trinajstić information content (AvgIpc) is 2.44. The summed E-state index contributed by atoms with van der Waals surface area (Å²) >= 11 is 5.66. The van der Waals surface area contributed by atoms with E-state index in [2.05, 4.69) is 0 Å². The van der Waals surface area contributed by atoms with Crippen LogP contribution < -0.4 is 5.32 Å². The first-order chi connectivity index (χ1) is 10.7. The van der Waals surface area contributed by atoms with Gasteiger partial charge in [0.05, 0.1) is 10.6 Å². The first kappa shape index (κ1) is 17.2. The maximum atomic E-state index is 13.1. The number of alkyl halides is 3. The van der Waals surface area contributed by atoms with E-state index in [4.69, 9.17) is 11.6 Å². The predicted molar refractivity (Wildman–Crippen MR) is 74.1 cm³/mol. The molecule has 0 aromatic heterocycles. The van der Waals surface area contributed by atoms with Crippen molar-refractivity contribution in [1.29, 1.82) is 0 Å². The summed E-state index contributed by atoms with van der Waals surface area (Å²) in [6.45, 7) is 0. The van der Waals surface area contributed by atoms with Gasteiger partial charge in [0.15, 0.2) is 6.04 Å². The molecule has 0 aliphatic rings. The van der Waals surface area contributed by atoms with E-state index in [1.165, 1.54) is 0 Å². The molecule has 0 bridgehead atoms. The Kier molecular flexibility index (Phi) is 4.89. The highest BCUT2D eigenvalue weighted by molar-refractivity contribution is 6.33. The zero-order valence-corrected chi connectivity index (χ0v) is 12.1. The Balaban J connectivity index is 2.31. The fourth-order valence-corrected chi connectivity index (χ4v) is 2.14. The monoisotopic (exact) mass is 349 g/mol. The van der Waals surface area contributed by atoms with Crippen LogP contribution in [0.4, 0.5) is 22.0 Å². The smallest absolute Gasteiger partial charge is 0.337 e. The van der Waals surface area contributed by atoms with Crippen LogP contribution in [-0.4, -0.2) is 12.1 Å². The van der Waals surface area contributed by atoms with Gasteiger partial charge in [0, 0.05) is 0 Å². The second-order valence-electron chi connectivity index (χ2n) is 4.62. The maximum absolute atomic E-state index is 13.1.